The third-order valence-corrected chi connectivity index (χ3v) is 5.12. The van der Waals surface area contributed by atoms with Crippen LogP contribution in [0, 0.1) is 20.8 Å². The second-order valence-electron chi connectivity index (χ2n) is 7.18. The van der Waals surface area contributed by atoms with Crippen molar-refractivity contribution in [2.75, 3.05) is 0 Å². The molecule has 0 radical (unpaired) electrons. The minimum Gasteiger partial charge on any atom is -0.334 e. The summed E-state index contributed by atoms with van der Waals surface area (Å²) >= 11 is 6.48. The first-order valence-electron chi connectivity index (χ1n) is 9.27. The molecule has 0 fully saturated rings. The summed E-state index contributed by atoms with van der Waals surface area (Å²) in [5, 5.41) is 1.53. The van der Waals surface area contributed by atoms with E-state index in [2.05, 4.69) is 61.3 Å². The summed E-state index contributed by atoms with van der Waals surface area (Å²) in [6.45, 7) is 9.08. The second-order valence-corrected chi connectivity index (χ2v) is 7.54. The molecule has 0 saturated heterocycles. The van der Waals surface area contributed by atoms with Crippen molar-refractivity contribution in [3.05, 3.63) is 75.4 Å². The number of aromatic nitrogens is 1. The highest BCUT2D eigenvalue weighted by Gasteiger charge is 2.16. The number of halogens is 1. The molecule has 0 atom stereocenters. The molecule has 1 heterocycles. The number of benzene rings is 2. The van der Waals surface area contributed by atoms with Crippen LogP contribution in [-0.4, -0.2) is 15.8 Å². The summed E-state index contributed by atoms with van der Waals surface area (Å²) in [4.78, 5) is 19.0. The van der Waals surface area contributed by atoms with E-state index in [1.54, 1.807) is 0 Å². The number of carbonyl (C=O) groups is 1. The molecule has 0 spiro atoms. The molecule has 140 valence electrons. The highest BCUT2D eigenvalue weighted by Crippen LogP contribution is 2.26. The molecule has 0 aliphatic carbocycles. The molecule has 27 heavy (non-hydrogen) atoms. The SMILES string of the molecule is CCC(=O)N(Cc1ccc(C)cc1)Cc1cc2cc(C)cc(C)c2nc1Cl. The van der Waals surface area contributed by atoms with Gasteiger partial charge in [-0.3, -0.25) is 4.79 Å². The third kappa shape index (κ3) is 4.48. The van der Waals surface area contributed by atoms with Crippen molar-refractivity contribution in [1.82, 2.24) is 9.88 Å². The number of pyridine rings is 1. The van der Waals surface area contributed by atoms with Crippen molar-refractivity contribution < 1.29 is 4.79 Å². The fraction of sp³-hybridized carbons (Fsp3) is 0.304. The lowest BCUT2D eigenvalue weighted by molar-refractivity contribution is -0.132. The van der Waals surface area contributed by atoms with Crippen LogP contribution in [0.4, 0.5) is 0 Å². The fourth-order valence-corrected chi connectivity index (χ4v) is 3.56. The summed E-state index contributed by atoms with van der Waals surface area (Å²) in [5.41, 5.74) is 6.42. The van der Waals surface area contributed by atoms with Crippen molar-refractivity contribution >= 4 is 28.4 Å². The quantitative estimate of drug-likeness (QED) is 0.528. The van der Waals surface area contributed by atoms with Crippen LogP contribution in [0.1, 0.15) is 41.2 Å². The zero-order chi connectivity index (χ0) is 19.6. The molecule has 1 amide bonds. The lowest BCUT2D eigenvalue weighted by Crippen LogP contribution is -2.29. The van der Waals surface area contributed by atoms with Crippen LogP contribution in [0.2, 0.25) is 5.15 Å². The van der Waals surface area contributed by atoms with Gasteiger partial charge in [0, 0.05) is 30.5 Å². The Hall–Kier alpha value is -2.39. The van der Waals surface area contributed by atoms with Crippen LogP contribution in [0.5, 0.6) is 0 Å². The maximum Gasteiger partial charge on any atom is 0.222 e. The van der Waals surface area contributed by atoms with E-state index in [1.807, 2.05) is 18.7 Å². The maximum atomic E-state index is 12.5. The van der Waals surface area contributed by atoms with Crippen LogP contribution in [0.3, 0.4) is 0 Å². The molecule has 4 heteroatoms. The van der Waals surface area contributed by atoms with E-state index < -0.39 is 0 Å². The lowest BCUT2D eigenvalue weighted by Gasteiger charge is -2.23. The fourth-order valence-electron chi connectivity index (χ4n) is 3.36. The molecule has 0 saturated carbocycles. The van der Waals surface area contributed by atoms with Gasteiger partial charge in [0.15, 0.2) is 0 Å². The van der Waals surface area contributed by atoms with E-state index in [0.717, 1.165) is 27.6 Å². The van der Waals surface area contributed by atoms with Crippen LogP contribution >= 0.6 is 11.6 Å². The minimum absolute atomic E-state index is 0.104. The molecule has 0 unspecified atom stereocenters. The molecule has 3 aromatic rings. The van der Waals surface area contributed by atoms with Gasteiger partial charge in [0.1, 0.15) is 5.15 Å². The van der Waals surface area contributed by atoms with Gasteiger partial charge in [-0.15, -0.1) is 0 Å². The highest BCUT2D eigenvalue weighted by molar-refractivity contribution is 6.30. The third-order valence-electron chi connectivity index (χ3n) is 4.79. The van der Waals surface area contributed by atoms with Gasteiger partial charge in [-0.25, -0.2) is 4.98 Å². The zero-order valence-corrected chi connectivity index (χ0v) is 17.1. The molecule has 3 rings (SSSR count). The normalized spacial score (nSPS) is 11.0. The summed E-state index contributed by atoms with van der Waals surface area (Å²) in [6.07, 6.45) is 0.461. The number of nitrogens with zero attached hydrogens (tertiary/aromatic N) is 2. The Morgan fingerprint density at radius 1 is 1.00 bits per heavy atom. The first-order valence-corrected chi connectivity index (χ1v) is 9.65. The molecule has 0 aliphatic heterocycles. The lowest BCUT2D eigenvalue weighted by atomic mass is 10.0. The number of aryl methyl sites for hydroxylation is 3. The number of fused-ring (bicyclic) bond motifs is 1. The predicted octanol–water partition coefficient (Wildman–Crippen LogP) is 5.75. The summed E-state index contributed by atoms with van der Waals surface area (Å²) in [6, 6.07) is 14.6. The largest absolute Gasteiger partial charge is 0.334 e. The molecule has 0 N–H and O–H groups in total. The predicted molar refractivity (Wildman–Crippen MR) is 112 cm³/mol. The smallest absolute Gasteiger partial charge is 0.222 e. The van der Waals surface area contributed by atoms with Gasteiger partial charge in [-0.2, -0.15) is 0 Å². The molecule has 1 aromatic heterocycles. The van der Waals surface area contributed by atoms with E-state index in [4.69, 9.17) is 11.6 Å². The Morgan fingerprint density at radius 2 is 1.70 bits per heavy atom. The van der Waals surface area contributed by atoms with Crippen molar-refractivity contribution in [3.8, 4) is 0 Å². The van der Waals surface area contributed by atoms with Gasteiger partial charge in [0.2, 0.25) is 5.91 Å². The molecule has 2 aromatic carbocycles. The Balaban J connectivity index is 1.94. The van der Waals surface area contributed by atoms with Gasteiger partial charge >= 0.3 is 0 Å². The molecular formula is C23H25ClN2O. The number of amides is 1. The molecule has 3 nitrogen and oxygen atoms in total. The van der Waals surface area contributed by atoms with Crippen LogP contribution in [0.25, 0.3) is 10.9 Å². The van der Waals surface area contributed by atoms with Gasteiger partial charge in [-0.1, -0.05) is 60.0 Å². The maximum absolute atomic E-state index is 12.5. The van der Waals surface area contributed by atoms with E-state index in [-0.39, 0.29) is 5.91 Å². The highest BCUT2D eigenvalue weighted by atomic mass is 35.5. The second kappa shape index (κ2) is 8.10. The number of hydrogen-bond acceptors (Lipinski definition) is 2. The van der Waals surface area contributed by atoms with E-state index in [9.17, 15) is 4.79 Å². The standard InChI is InChI=1S/C23H25ClN2O/c1-5-21(27)26(13-18-8-6-15(2)7-9-18)14-20-12-19-11-16(3)10-17(4)22(19)25-23(20)24/h6-12H,5,13-14H2,1-4H3. The zero-order valence-electron chi connectivity index (χ0n) is 16.3. The molecule has 0 aliphatic rings. The Labute approximate surface area is 166 Å². The van der Waals surface area contributed by atoms with Crippen LogP contribution in [0.15, 0.2) is 42.5 Å². The van der Waals surface area contributed by atoms with Gasteiger partial charge in [0.25, 0.3) is 0 Å². The van der Waals surface area contributed by atoms with Crippen molar-refractivity contribution in [2.45, 2.75) is 47.2 Å². The number of rotatable bonds is 5. The van der Waals surface area contributed by atoms with Gasteiger partial charge in [-0.05, 0) is 44.0 Å². The van der Waals surface area contributed by atoms with Crippen LogP contribution < -0.4 is 0 Å². The van der Waals surface area contributed by atoms with Gasteiger partial charge < -0.3 is 4.90 Å². The summed E-state index contributed by atoms with van der Waals surface area (Å²) < 4.78 is 0. The first-order chi connectivity index (χ1) is 12.9. The average Bonchev–Trinajstić information content (AvgIpc) is 2.63. The van der Waals surface area contributed by atoms with E-state index in [0.29, 0.717) is 24.7 Å². The van der Waals surface area contributed by atoms with Gasteiger partial charge in [0.05, 0.1) is 5.52 Å². The van der Waals surface area contributed by atoms with Crippen molar-refractivity contribution in [3.63, 3.8) is 0 Å². The van der Waals surface area contributed by atoms with Crippen molar-refractivity contribution in [2.24, 2.45) is 0 Å². The number of carbonyl (C=O) groups excluding carboxylic acids is 1. The molecule has 0 bridgehead atoms. The Kier molecular flexibility index (Phi) is 5.81. The van der Waals surface area contributed by atoms with E-state index >= 15 is 0 Å². The van der Waals surface area contributed by atoms with Crippen molar-refractivity contribution in [1.29, 1.82) is 0 Å². The van der Waals surface area contributed by atoms with E-state index in [1.165, 1.54) is 11.1 Å². The Bertz CT molecular complexity index is 980. The average molecular weight is 381 g/mol. The summed E-state index contributed by atoms with van der Waals surface area (Å²) in [5.74, 6) is 0.104. The minimum atomic E-state index is 0.104. The van der Waals surface area contributed by atoms with Crippen LogP contribution in [-0.2, 0) is 17.9 Å². The topological polar surface area (TPSA) is 33.2 Å². The summed E-state index contributed by atoms with van der Waals surface area (Å²) in [7, 11) is 0. The first kappa shape index (κ1) is 19.4. The monoisotopic (exact) mass is 380 g/mol. The molecular weight excluding hydrogens is 356 g/mol. The number of hydrogen-bond donors (Lipinski definition) is 0. The Morgan fingerprint density at radius 3 is 2.37 bits per heavy atom.